The Labute approximate surface area is 48.1 Å². The molecule has 2 heteroatoms. The Hall–Kier alpha value is 0.310. The van der Waals surface area contributed by atoms with E-state index in [1.807, 2.05) is 0 Å². The molecule has 1 saturated heterocycles. The first kappa shape index (κ1) is 5.45. The summed E-state index contributed by atoms with van der Waals surface area (Å²) in [5.41, 5.74) is 0. The van der Waals surface area contributed by atoms with Crippen LogP contribution < -0.4 is 0 Å². The van der Waals surface area contributed by atoms with Crippen LogP contribution in [0.2, 0.25) is 0 Å². The average molecular weight is 116 g/mol. The first-order valence-electron chi connectivity index (χ1n) is 2.45. The highest BCUT2D eigenvalue weighted by Gasteiger charge is 2.09. The van der Waals surface area contributed by atoms with Gasteiger partial charge >= 0.3 is 0 Å². The van der Waals surface area contributed by atoms with Gasteiger partial charge in [0.2, 0.25) is 0 Å². The van der Waals surface area contributed by atoms with E-state index < -0.39 is 0 Å². The Bertz CT molecular complexity index is 50.0. The molecular weight excluding hydrogens is 108 g/mol. The van der Waals surface area contributed by atoms with E-state index in [4.69, 9.17) is 5.11 Å². The van der Waals surface area contributed by atoms with Crippen LogP contribution in [0, 0.1) is 5.75 Å². The van der Waals surface area contributed by atoms with E-state index in [-0.39, 0.29) is 6.10 Å². The van der Waals surface area contributed by atoms with Gasteiger partial charge in [0.15, 0.2) is 0 Å². The van der Waals surface area contributed by atoms with Crippen LogP contribution in [0.5, 0.6) is 0 Å². The van der Waals surface area contributed by atoms with Gasteiger partial charge in [0, 0.05) is 0 Å². The fourth-order valence-electron chi connectivity index (χ4n) is 0.563. The highest BCUT2D eigenvalue weighted by Crippen LogP contribution is 2.20. The maximum absolute atomic E-state index is 8.78. The third-order valence-electron chi connectivity index (χ3n) is 0.943. The molecule has 0 aromatic heterocycles. The van der Waals surface area contributed by atoms with Gasteiger partial charge in [-0.1, -0.05) is 0 Å². The molecule has 40 valence electrons. The minimum absolute atomic E-state index is 0.251. The molecule has 0 amide bonds. The van der Waals surface area contributed by atoms with E-state index in [1.165, 1.54) is 0 Å². The zero-order valence-electron chi connectivity index (χ0n) is 4.05. The van der Waals surface area contributed by atoms with E-state index in [1.54, 1.807) is 11.8 Å². The predicted octanol–water partition coefficient (Wildman–Crippen LogP) is 0.913. The highest BCUT2D eigenvalue weighted by molar-refractivity contribution is 8.01. The third-order valence-corrected chi connectivity index (χ3v) is 1.87. The molecule has 7 heavy (non-hydrogen) atoms. The van der Waals surface area contributed by atoms with E-state index in [0.717, 1.165) is 18.6 Å². The lowest BCUT2D eigenvalue weighted by atomic mass is 10.2. The molecule has 1 atom stereocenters. The number of thioether (sulfide) groups is 1. The van der Waals surface area contributed by atoms with Crippen molar-refractivity contribution in [2.24, 2.45) is 0 Å². The third kappa shape index (κ3) is 1.70. The van der Waals surface area contributed by atoms with Crippen LogP contribution in [0.15, 0.2) is 0 Å². The summed E-state index contributed by atoms with van der Waals surface area (Å²) in [5.74, 6) is 3.99. The molecule has 1 aliphatic heterocycles. The fourth-order valence-corrected chi connectivity index (χ4v) is 1.30. The molecule has 1 nitrogen and oxygen atoms in total. The Morgan fingerprint density at radius 1 is 1.71 bits per heavy atom. The zero-order valence-corrected chi connectivity index (χ0v) is 4.87. The van der Waals surface area contributed by atoms with E-state index in [0.29, 0.717) is 0 Å². The molecule has 1 aliphatic rings. The predicted molar refractivity (Wildman–Crippen MR) is 30.9 cm³/mol. The number of aliphatic hydroxyl groups is 1. The van der Waals surface area contributed by atoms with Gasteiger partial charge in [-0.2, -0.15) is 0 Å². The van der Waals surface area contributed by atoms with Crippen LogP contribution in [0.1, 0.15) is 12.8 Å². The van der Waals surface area contributed by atoms with Gasteiger partial charge in [-0.05, 0) is 18.6 Å². The molecule has 0 aromatic carbocycles. The van der Waals surface area contributed by atoms with Gasteiger partial charge in [-0.3, -0.25) is 0 Å². The van der Waals surface area contributed by atoms with Gasteiger partial charge < -0.3 is 5.11 Å². The molecule has 1 heterocycles. The Morgan fingerprint density at radius 3 is 2.86 bits per heavy atom. The number of hydrogen-bond donors (Lipinski definition) is 1. The van der Waals surface area contributed by atoms with Crippen molar-refractivity contribution in [1.82, 2.24) is 0 Å². The molecule has 1 fully saturated rings. The topological polar surface area (TPSA) is 20.2 Å². The van der Waals surface area contributed by atoms with Crippen molar-refractivity contribution < 1.29 is 5.11 Å². The summed E-state index contributed by atoms with van der Waals surface area (Å²) in [7, 11) is 0. The second-order valence-electron chi connectivity index (χ2n) is 1.62. The smallest absolute Gasteiger partial charge is 0.0791 e. The van der Waals surface area contributed by atoms with Crippen LogP contribution in [0.25, 0.3) is 0 Å². The minimum Gasteiger partial charge on any atom is -0.392 e. The second kappa shape index (κ2) is 2.58. The number of aliphatic hydroxyl groups excluding tert-OH is 1. The molecule has 1 rings (SSSR count). The summed E-state index contributed by atoms with van der Waals surface area (Å²) in [5, 5.41) is 8.78. The van der Waals surface area contributed by atoms with Gasteiger partial charge in [0.25, 0.3) is 0 Å². The summed E-state index contributed by atoms with van der Waals surface area (Å²) < 4.78 is 0. The summed E-state index contributed by atoms with van der Waals surface area (Å²) in [6, 6.07) is 0. The summed E-state index contributed by atoms with van der Waals surface area (Å²) in [4.78, 5) is 0. The molecule has 0 aliphatic carbocycles. The van der Waals surface area contributed by atoms with Gasteiger partial charge in [-0.25, -0.2) is 0 Å². The van der Waals surface area contributed by atoms with Gasteiger partial charge in [0.1, 0.15) is 0 Å². The summed E-state index contributed by atoms with van der Waals surface area (Å²) in [6.07, 6.45) is 1.80. The molecule has 0 spiro atoms. The number of rotatable bonds is 0. The standard InChI is InChI=1S/C5H8OS/c6-5-2-1-3-7-4-5/h5-6H,1-3H2. The first-order chi connectivity index (χ1) is 3.39. The van der Waals surface area contributed by atoms with E-state index >= 15 is 0 Å². The molecular formula is C5H8OS. The molecule has 1 N–H and O–H groups in total. The van der Waals surface area contributed by atoms with Crippen molar-refractivity contribution in [3.05, 3.63) is 5.75 Å². The van der Waals surface area contributed by atoms with Crippen molar-refractivity contribution in [3.63, 3.8) is 0 Å². The maximum Gasteiger partial charge on any atom is 0.0791 e. The molecule has 0 saturated carbocycles. The van der Waals surface area contributed by atoms with Crippen LogP contribution in [-0.2, 0) is 0 Å². The van der Waals surface area contributed by atoms with Crippen LogP contribution in [0.4, 0.5) is 0 Å². The van der Waals surface area contributed by atoms with Crippen molar-refractivity contribution in [2.45, 2.75) is 18.9 Å². The fraction of sp³-hybridized carbons (Fsp3) is 0.800. The molecule has 2 radical (unpaired) electrons. The maximum atomic E-state index is 8.78. The zero-order chi connectivity index (χ0) is 5.11. The molecule has 1 unspecified atom stereocenters. The SMILES string of the molecule is OC1[C]SCCC1. The Kier molecular flexibility index (Phi) is 2.00. The van der Waals surface area contributed by atoms with E-state index in [2.05, 4.69) is 5.75 Å². The summed E-state index contributed by atoms with van der Waals surface area (Å²) >= 11 is 1.60. The normalized spacial score (nSPS) is 33.0. The van der Waals surface area contributed by atoms with Crippen molar-refractivity contribution in [3.8, 4) is 0 Å². The monoisotopic (exact) mass is 116 g/mol. The summed E-state index contributed by atoms with van der Waals surface area (Å²) in [6.45, 7) is 0. The quantitative estimate of drug-likeness (QED) is 0.507. The lowest BCUT2D eigenvalue weighted by molar-refractivity contribution is 0.203. The largest absolute Gasteiger partial charge is 0.392 e. The average Bonchev–Trinajstić information content (AvgIpc) is 1.69. The van der Waals surface area contributed by atoms with Gasteiger partial charge in [0.05, 0.1) is 11.9 Å². The molecule has 0 aromatic rings. The minimum atomic E-state index is -0.251. The van der Waals surface area contributed by atoms with Crippen LogP contribution in [-0.4, -0.2) is 17.0 Å². The second-order valence-corrected chi connectivity index (χ2v) is 2.56. The first-order valence-corrected chi connectivity index (χ1v) is 3.43. The van der Waals surface area contributed by atoms with Crippen LogP contribution >= 0.6 is 11.8 Å². The van der Waals surface area contributed by atoms with Gasteiger partial charge in [-0.15, -0.1) is 11.8 Å². The van der Waals surface area contributed by atoms with Crippen molar-refractivity contribution in [1.29, 1.82) is 0 Å². The lowest BCUT2D eigenvalue weighted by Gasteiger charge is -2.13. The van der Waals surface area contributed by atoms with E-state index in [9.17, 15) is 0 Å². The van der Waals surface area contributed by atoms with Crippen molar-refractivity contribution in [2.75, 3.05) is 5.75 Å². The lowest BCUT2D eigenvalue weighted by Crippen LogP contribution is -2.09. The van der Waals surface area contributed by atoms with Crippen molar-refractivity contribution >= 4 is 11.8 Å². The molecule has 0 bridgehead atoms. The Balaban J connectivity index is 2.12. The van der Waals surface area contributed by atoms with Crippen LogP contribution in [0.3, 0.4) is 0 Å². The highest BCUT2D eigenvalue weighted by atomic mass is 32.2. The Morgan fingerprint density at radius 2 is 2.57 bits per heavy atom. The number of hydrogen-bond acceptors (Lipinski definition) is 2.